The van der Waals surface area contributed by atoms with Crippen LogP contribution < -0.4 is 22.1 Å². The molecule has 8 heteroatoms. The van der Waals surface area contributed by atoms with Crippen LogP contribution in [0.4, 0.5) is 15.9 Å². The van der Waals surface area contributed by atoms with Gasteiger partial charge in [-0.1, -0.05) is 29.8 Å². The second kappa shape index (κ2) is 10.2. The van der Waals surface area contributed by atoms with Crippen molar-refractivity contribution in [1.82, 2.24) is 4.98 Å². The molecule has 1 aliphatic rings. The normalized spacial score (nSPS) is 18.0. The monoisotopic (exact) mass is 467 g/mol. The van der Waals surface area contributed by atoms with Gasteiger partial charge < -0.3 is 22.1 Å². The minimum Gasteiger partial charge on any atom is -0.380 e. The van der Waals surface area contributed by atoms with E-state index in [9.17, 15) is 9.18 Å². The number of nitrogens with two attached hydrogens (primary N) is 2. The summed E-state index contributed by atoms with van der Waals surface area (Å²) in [5.41, 5.74) is 14.8. The first-order chi connectivity index (χ1) is 15.9. The fraction of sp³-hybridized carbons (Fsp3) is 0.280. The highest BCUT2D eigenvalue weighted by molar-refractivity contribution is 6.33. The van der Waals surface area contributed by atoms with E-state index < -0.39 is 5.91 Å². The van der Waals surface area contributed by atoms with Crippen molar-refractivity contribution in [1.29, 1.82) is 0 Å². The summed E-state index contributed by atoms with van der Waals surface area (Å²) in [4.78, 5) is 16.4. The number of nitrogens with zero attached hydrogens (tertiary/aromatic N) is 1. The van der Waals surface area contributed by atoms with E-state index in [-0.39, 0.29) is 11.9 Å². The lowest BCUT2D eigenvalue weighted by Crippen LogP contribution is -2.33. The molecule has 2 aromatic carbocycles. The number of aromatic nitrogens is 1. The summed E-state index contributed by atoms with van der Waals surface area (Å²) in [6, 6.07) is 14.1. The third-order valence-corrected chi connectivity index (χ3v) is 6.25. The SMILES string of the molecule is NC(=O)c1ccc(-c2cc(NC3CCC(N)CC3)ncc2Cl)cc1NCc1cccc(F)c1. The first kappa shape index (κ1) is 23.0. The van der Waals surface area contributed by atoms with E-state index in [1.165, 1.54) is 12.1 Å². The number of benzene rings is 2. The van der Waals surface area contributed by atoms with Gasteiger partial charge >= 0.3 is 0 Å². The highest BCUT2D eigenvalue weighted by Gasteiger charge is 2.19. The number of pyridine rings is 1. The van der Waals surface area contributed by atoms with Gasteiger partial charge in [0, 0.05) is 36.1 Å². The van der Waals surface area contributed by atoms with Crippen molar-refractivity contribution in [2.45, 2.75) is 44.3 Å². The van der Waals surface area contributed by atoms with Crippen molar-refractivity contribution in [2.24, 2.45) is 11.5 Å². The molecule has 0 unspecified atom stereocenters. The second-order valence-electron chi connectivity index (χ2n) is 8.41. The lowest BCUT2D eigenvalue weighted by molar-refractivity contribution is 0.100. The first-order valence-electron chi connectivity index (χ1n) is 11.0. The van der Waals surface area contributed by atoms with Crippen LogP contribution in [0.5, 0.6) is 0 Å². The number of primary amides is 1. The summed E-state index contributed by atoms with van der Waals surface area (Å²) >= 11 is 6.48. The molecule has 6 nitrogen and oxygen atoms in total. The van der Waals surface area contributed by atoms with Gasteiger partial charge in [-0.05, 0) is 67.1 Å². The Bertz CT molecular complexity index is 1150. The number of halogens is 2. The Balaban J connectivity index is 1.59. The van der Waals surface area contributed by atoms with Gasteiger partial charge in [-0.25, -0.2) is 9.37 Å². The summed E-state index contributed by atoms with van der Waals surface area (Å²) in [6.07, 6.45) is 5.61. The maximum atomic E-state index is 13.5. The number of nitrogens with one attached hydrogen (secondary N) is 2. The van der Waals surface area contributed by atoms with Crippen LogP contribution in [-0.4, -0.2) is 23.0 Å². The number of carbonyl (C=O) groups is 1. The van der Waals surface area contributed by atoms with Crippen LogP contribution in [0.15, 0.2) is 54.7 Å². The Labute approximate surface area is 197 Å². The van der Waals surface area contributed by atoms with E-state index in [0.29, 0.717) is 28.9 Å². The van der Waals surface area contributed by atoms with Crippen molar-refractivity contribution in [3.05, 3.63) is 76.7 Å². The summed E-state index contributed by atoms with van der Waals surface area (Å²) in [5, 5.41) is 7.18. The number of rotatable bonds is 7. The van der Waals surface area contributed by atoms with E-state index in [1.807, 2.05) is 12.1 Å². The van der Waals surface area contributed by atoms with E-state index in [4.69, 9.17) is 23.1 Å². The maximum Gasteiger partial charge on any atom is 0.250 e. The molecular formula is C25H27ClFN5O. The zero-order chi connectivity index (χ0) is 23.4. The number of hydrogen-bond donors (Lipinski definition) is 4. The Hall–Kier alpha value is -3.16. The van der Waals surface area contributed by atoms with E-state index >= 15 is 0 Å². The molecule has 172 valence electrons. The summed E-state index contributed by atoms with van der Waals surface area (Å²) < 4.78 is 13.5. The third-order valence-electron chi connectivity index (χ3n) is 5.95. The molecule has 1 heterocycles. The van der Waals surface area contributed by atoms with Crippen molar-refractivity contribution in [2.75, 3.05) is 10.6 Å². The van der Waals surface area contributed by atoms with Crippen molar-refractivity contribution in [3.63, 3.8) is 0 Å². The second-order valence-corrected chi connectivity index (χ2v) is 8.82. The van der Waals surface area contributed by atoms with Crippen LogP contribution in [0.3, 0.4) is 0 Å². The summed E-state index contributed by atoms with van der Waals surface area (Å²) in [6.45, 7) is 0.336. The smallest absolute Gasteiger partial charge is 0.250 e. The van der Waals surface area contributed by atoms with Crippen LogP contribution in [0.25, 0.3) is 11.1 Å². The zero-order valence-electron chi connectivity index (χ0n) is 18.2. The average molecular weight is 468 g/mol. The van der Waals surface area contributed by atoms with E-state index in [0.717, 1.165) is 48.2 Å². The molecule has 0 spiro atoms. The fourth-order valence-electron chi connectivity index (χ4n) is 4.13. The van der Waals surface area contributed by atoms with Crippen LogP contribution >= 0.6 is 11.6 Å². The standard InChI is InChI=1S/C25H27ClFN5O/c26-22-14-31-24(32-19-7-5-18(28)6-8-19)12-21(22)16-4-9-20(25(29)33)23(11-16)30-13-15-2-1-3-17(27)10-15/h1-4,9-12,14,18-19,30H,5-8,13,28H2,(H2,29,33)(H,31,32). The molecule has 6 N–H and O–H groups in total. The predicted octanol–water partition coefficient (Wildman–Crippen LogP) is 4.93. The third kappa shape index (κ3) is 5.80. The van der Waals surface area contributed by atoms with Gasteiger partial charge in [0.1, 0.15) is 11.6 Å². The van der Waals surface area contributed by atoms with Gasteiger partial charge in [0.2, 0.25) is 0 Å². The van der Waals surface area contributed by atoms with Gasteiger partial charge in [0.25, 0.3) is 5.91 Å². The molecule has 0 aliphatic heterocycles. The lowest BCUT2D eigenvalue weighted by Gasteiger charge is -2.27. The summed E-state index contributed by atoms with van der Waals surface area (Å²) in [7, 11) is 0. The molecule has 4 rings (SSSR count). The molecule has 1 aromatic heterocycles. The molecular weight excluding hydrogens is 441 g/mol. The van der Waals surface area contributed by atoms with Gasteiger partial charge in [-0.2, -0.15) is 0 Å². The number of anilines is 2. The maximum absolute atomic E-state index is 13.5. The van der Waals surface area contributed by atoms with Crippen LogP contribution in [0.1, 0.15) is 41.6 Å². The lowest BCUT2D eigenvalue weighted by atomic mass is 9.92. The van der Waals surface area contributed by atoms with Gasteiger partial charge in [-0.3, -0.25) is 4.79 Å². The predicted molar refractivity (Wildman–Crippen MR) is 131 cm³/mol. The fourth-order valence-corrected chi connectivity index (χ4v) is 4.34. The van der Waals surface area contributed by atoms with Crippen LogP contribution in [0.2, 0.25) is 5.02 Å². The van der Waals surface area contributed by atoms with Crippen molar-refractivity contribution < 1.29 is 9.18 Å². The highest BCUT2D eigenvalue weighted by Crippen LogP contribution is 2.33. The molecule has 0 saturated heterocycles. The highest BCUT2D eigenvalue weighted by atomic mass is 35.5. The Kier molecular flexibility index (Phi) is 7.11. The quantitative estimate of drug-likeness (QED) is 0.394. The minimum atomic E-state index is -0.554. The Morgan fingerprint density at radius 3 is 2.64 bits per heavy atom. The molecule has 1 amide bonds. The molecule has 33 heavy (non-hydrogen) atoms. The molecule has 0 bridgehead atoms. The molecule has 1 aliphatic carbocycles. The van der Waals surface area contributed by atoms with E-state index in [1.54, 1.807) is 30.5 Å². The molecule has 3 aromatic rings. The van der Waals surface area contributed by atoms with Crippen LogP contribution in [0, 0.1) is 5.82 Å². The summed E-state index contributed by atoms with van der Waals surface area (Å²) in [5.74, 6) is -0.133. The Morgan fingerprint density at radius 1 is 1.12 bits per heavy atom. The average Bonchev–Trinajstić information content (AvgIpc) is 2.80. The van der Waals surface area contributed by atoms with Gasteiger partial charge in [0.05, 0.1) is 10.6 Å². The van der Waals surface area contributed by atoms with Crippen molar-refractivity contribution in [3.8, 4) is 11.1 Å². The molecule has 0 atom stereocenters. The van der Waals surface area contributed by atoms with E-state index in [2.05, 4.69) is 15.6 Å². The largest absolute Gasteiger partial charge is 0.380 e. The Morgan fingerprint density at radius 2 is 1.91 bits per heavy atom. The zero-order valence-corrected chi connectivity index (χ0v) is 18.9. The number of amides is 1. The van der Waals surface area contributed by atoms with Gasteiger partial charge in [0.15, 0.2) is 0 Å². The van der Waals surface area contributed by atoms with Gasteiger partial charge in [-0.15, -0.1) is 0 Å². The molecule has 1 saturated carbocycles. The first-order valence-corrected chi connectivity index (χ1v) is 11.4. The van der Waals surface area contributed by atoms with Crippen LogP contribution in [-0.2, 0) is 6.54 Å². The molecule has 0 radical (unpaired) electrons. The number of carbonyl (C=O) groups excluding carboxylic acids is 1. The minimum absolute atomic E-state index is 0.277. The number of hydrogen-bond acceptors (Lipinski definition) is 5. The molecule has 1 fully saturated rings. The topological polar surface area (TPSA) is 106 Å². The van der Waals surface area contributed by atoms with Crippen molar-refractivity contribution >= 4 is 29.0 Å².